The monoisotopic (exact) mass is 472 g/mol. The number of hydrogen-bond donors (Lipinski definition) is 3. The number of nitrogens with one attached hydrogen (secondary N) is 3. The molecule has 2 aromatic rings. The topological polar surface area (TPSA) is 132 Å². The molecule has 0 radical (unpaired) electrons. The van der Waals surface area contributed by atoms with Crippen LogP contribution >= 0.6 is 0 Å². The van der Waals surface area contributed by atoms with Crippen molar-refractivity contribution in [2.45, 2.75) is 56.4 Å². The first-order valence-corrected chi connectivity index (χ1v) is 11.6. The molecule has 2 rings (SSSR count). The van der Waals surface area contributed by atoms with Gasteiger partial charge < -0.3 is 19.9 Å². The van der Waals surface area contributed by atoms with Gasteiger partial charge in [0, 0.05) is 30.6 Å². The van der Waals surface area contributed by atoms with Gasteiger partial charge in [0.15, 0.2) is 9.79 Å². The Morgan fingerprint density at radius 3 is 2.33 bits per heavy atom. The van der Waals surface area contributed by atoms with Gasteiger partial charge in [-0.15, -0.1) is 0 Å². The maximum Gasteiger partial charge on any atom is 0.414 e. The summed E-state index contributed by atoms with van der Waals surface area (Å²) in [6.07, 6.45) is -0.355. The molecule has 0 saturated carbocycles. The molecule has 0 heterocycles. The van der Waals surface area contributed by atoms with E-state index in [2.05, 4.69) is 20.9 Å². The van der Waals surface area contributed by atoms with E-state index < -0.39 is 23.2 Å². The summed E-state index contributed by atoms with van der Waals surface area (Å²) in [5.74, 6) is -0.976. The highest BCUT2D eigenvalue weighted by atomic mass is 32.2. The summed E-state index contributed by atoms with van der Waals surface area (Å²) in [5, 5.41) is 7.94. The number of ether oxygens (including phenoxy) is 1. The van der Waals surface area contributed by atoms with Crippen LogP contribution < -0.4 is 16.0 Å². The molecule has 10 heteroatoms. The maximum atomic E-state index is 12.9. The standard InChI is InChI=1S/C23H28N4O5S/c1-5-15(3)32-23(30)27-22(26-21(29)6-2)25-19-13-12-18(14-20(19)24-16(4)28)33(31)17-10-8-7-9-11-17/h7-15H,5-6H2,1-4H3,(H,24,28)(H2,25,26,27,29,30). The van der Waals surface area contributed by atoms with Crippen molar-refractivity contribution >= 4 is 46.4 Å². The van der Waals surface area contributed by atoms with Gasteiger partial charge in [0.05, 0.1) is 11.4 Å². The van der Waals surface area contributed by atoms with Crippen molar-refractivity contribution in [2.75, 3.05) is 10.6 Å². The molecule has 2 unspecified atom stereocenters. The molecule has 9 nitrogen and oxygen atoms in total. The fourth-order valence-corrected chi connectivity index (χ4v) is 3.62. The van der Waals surface area contributed by atoms with Crippen LogP contribution in [0.15, 0.2) is 63.3 Å². The van der Waals surface area contributed by atoms with E-state index in [1.807, 2.05) is 13.0 Å². The van der Waals surface area contributed by atoms with Gasteiger partial charge in [-0.05, 0) is 37.6 Å². The van der Waals surface area contributed by atoms with Gasteiger partial charge in [0.25, 0.3) is 0 Å². The minimum atomic E-state index is -1.47. The van der Waals surface area contributed by atoms with Crippen LogP contribution in [0.3, 0.4) is 0 Å². The number of nitrogens with zero attached hydrogens (tertiary/aromatic N) is 1. The second-order valence-electron chi connectivity index (χ2n) is 7.05. The SMILES string of the molecule is CCC(=O)N=C(NC(=O)OC(C)CC)Nc1ccc([S+]([O-])c2ccccc2)cc1NC(C)=O. The van der Waals surface area contributed by atoms with E-state index in [-0.39, 0.29) is 24.4 Å². The van der Waals surface area contributed by atoms with E-state index in [0.717, 1.165) is 0 Å². The lowest BCUT2D eigenvalue weighted by molar-refractivity contribution is -0.117. The molecule has 33 heavy (non-hydrogen) atoms. The lowest BCUT2D eigenvalue weighted by atomic mass is 10.2. The van der Waals surface area contributed by atoms with E-state index in [1.54, 1.807) is 56.3 Å². The average Bonchev–Trinajstić information content (AvgIpc) is 2.79. The summed E-state index contributed by atoms with van der Waals surface area (Å²) < 4.78 is 18.1. The number of carbonyl (C=O) groups excluding carboxylic acids is 3. The Morgan fingerprint density at radius 2 is 1.73 bits per heavy atom. The summed E-state index contributed by atoms with van der Waals surface area (Å²) in [4.78, 5) is 40.8. The third-order valence-corrected chi connectivity index (χ3v) is 5.75. The molecule has 0 aliphatic rings. The predicted octanol–water partition coefficient (Wildman–Crippen LogP) is 4.04. The Bertz CT molecular complexity index is 1010. The van der Waals surface area contributed by atoms with Crippen molar-refractivity contribution in [1.29, 1.82) is 0 Å². The number of amides is 3. The molecular weight excluding hydrogens is 444 g/mol. The number of guanidine groups is 1. The van der Waals surface area contributed by atoms with Crippen LogP contribution in [-0.2, 0) is 25.5 Å². The lowest BCUT2D eigenvalue weighted by Crippen LogP contribution is -2.38. The van der Waals surface area contributed by atoms with E-state index in [0.29, 0.717) is 27.6 Å². The second kappa shape index (κ2) is 12.6. The average molecular weight is 473 g/mol. The zero-order chi connectivity index (χ0) is 24.4. The normalized spacial score (nSPS) is 12.9. The third-order valence-electron chi connectivity index (χ3n) is 4.37. The van der Waals surface area contributed by atoms with Gasteiger partial charge in [-0.2, -0.15) is 4.99 Å². The van der Waals surface area contributed by atoms with Gasteiger partial charge in [0.1, 0.15) is 6.10 Å². The summed E-state index contributed by atoms with van der Waals surface area (Å²) in [6, 6.07) is 13.6. The number of alkyl carbamates (subject to hydrolysis) is 1. The van der Waals surface area contributed by atoms with Crippen molar-refractivity contribution in [3.05, 3.63) is 48.5 Å². The molecule has 176 valence electrons. The highest BCUT2D eigenvalue weighted by Crippen LogP contribution is 2.29. The first-order valence-electron chi connectivity index (χ1n) is 10.5. The van der Waals surface area contributed by atoms with Gasteiger partial charge >= 0.3 is 6.09 Å². The molecule has 0 aromatic heterocycles. The fraction of sp³-hybridized carbons (Fsp3) is 0.304. The van der Waals surface area contributed by atoms with E-state index in [1.165, 1.54) is 6.92 Å². The van der Waals surface area contributed by atoms with Gasteiger partial charge in [0.2, 0.25) is 17.8 Å². The van der Waals surface area contributed by atoms with Crippen LogP contribution in [0.2, 0.25) is 0 Å². The molecular formula is C23H28N4O5S. The molecule has 0 fully saturated rings. The fourth-order valence-electron chi connectivity index (χ4n) is 2.53. The van der Waals surface area contributed by atoms with Crippen LogP contribution in [0.5, 0.6) is 0 Å². The van der Waals surface area contributed by atoms with Crippen LogP contribution in [0, 0.1) is 0 Å². The first-order chi connectivity index (χ1) is 15.7. The zero-order valence-corrected chi connectivity index (χ0v) is 19.8. The highest BCUT2D eigenvalue weighted by Gasteiger charge is 2.19. The summed E-state index contributed by atoms with van der Waals surface area (Å²) in [5.41, 5.74) is 0.642. The molecule has 0 aliphatic heterocycles. The van der Waals surface area contributed by atoms with Crippen LogP contribution in [0.4, 0.5) is 16.2 Å². The van der Waals surface area contributed by atoms with Crippen LogP contribution in [-0.4, -0.2) is 34.5 Å². The Labute approximate surface area is 196 Å². The van der Waals surface area contributed by atoms with Crippen molar-refractivity contribution in [3.8, 4) is 0 Å². The molecule has 0 aliphatic carbocycles. The molecule has 0 bridgehead atoms. The number of aliphatic imine (C=N–C) groups is 1. The van der Waals surface area contributed by atoms with E-state index in [9.17, 15) is 18.9 Å². The Hall–Kier alpha value is -3.37. The van der Waals surface area contributed by atoms with Crippen LogP contribution in [0.1, 0.15) is 40.5 Å². The number of anilines is 2. The van der Waals surface area contributed by atoms with Crippen molar-refractivity contribution in [2.24, 2.45) is 4.99 Å². The highest BCUT2D eigenvalue weighted by molar-refractivity contribution is 7.91. The summed E-state index contributed by atoms with van der Waals surface area (Å²) >= 11 is -1.47. The third kappa shape index (κ3) is 8.24. The minimum absolute atomic E-state index is 0.126. The predicted molar refractivity (Wildman–Crippen MR) is 128 cm³/mol. The van der Waals surface area contributed by atoms with Gasteiger partial charge in [-0.25, -0.2) is 4.79 Å². The molecule has 2 aromatic carbocycles. The number of rotatable bonds is 7. The van der Waals surface area contributed by atoms with E-state index >= 15 is 0 Å². The van der Waals surface area contributed by atoms with Crippen molar-refractivity contribution in [1.82, 2.24) is 5.32 Å². The second-order valence-corrected chi connectivity index (χ2v) is 8.53. The van der Waals surface area contributed by atoms with Gasteiger partial charge in [-0.3, -0.25) is 14.9 Å². The Kier molecular flexibility index (Phi) is 9.89. The quantitative estimate of drug-likeness (QED) is 0.317. The molecule has 3 N–H and O–H groups in total. The largest absolute Gasteiger partial charge is 0.606 e. The Morgan fingerprint density at radius 1 is 1.03 bits per heavy atom. The first kappa shape index (κ1) is 25.9. The number of carbonyl (C=O) groups is 3. The smallest absolute Gasteiger partial charge is 0.414 e. The maximum absolute atomic E-state index is 12.9. The minimum Gasteiger partial charge on any atom is -0.606 e. The number of hydrogen-bond acceptors (Lipinski definition) is 5. The summed E-state index contributed by atoms with van der Waals surface area (Å²) in [6.45, 7) is 6.58. The van der Waals surface area contributed by atoms with Crippen molar-refractivity contribution in [3.63, 3.8) is 0 Å². The molecule has 0 spiro atoms. The van der Waals surface area contributed by atoms with Crippen LogP contribution in [0.25, 0.3) is 0 Å². The molecule has 0 saturated heterocycles. The Balaban J connectivity index is 2.35. The zero-order valence-electron chi connectivity index (χ0n) is 19.0. The molecule has 2 atom stereocenters. The van der Waals surface area contributed by atoms with E-state index in [4.69, 9.17) is 4.74 Å². The lowest BCUT2D eigenvalue weighted by Gasteiger charge is -2.17. The summed E-state index contributed by atoms with van der Waals surface area (Å²) in [7, 11) is 0. The van der Waals surface area contributed by atoms with Crippen molar-refractivity contribution < 1.29 is 23.7 Å². The molecule has 3 amide bonds. The van der Waals surface area contributed by atoms with Gasteiger partial charge in [-0.1, -0.05) is 32.0 Å². The number of benzene rings is 2.